The highest BCUT2D eigenvalue weighted by Gasteiger charge is 2.03. The maximum Gasteiger partial charge on any atom is 0.0480 e. The summed E-state index contributed by atoms with van der Waals surface area (Å²) in [5, 5.41) is 1.25. The Labute approximate surface area is 144 Å². The Hall–Kier alpha value is -2.13. The summed E-state index contributed by atoms with van der Waals surface area (Å²) in [7, 11) is 2.19. The van der Waals surface area contributed by atoms with Crippen molar-refractivity contribution in [2.45, 2.75) is 33.1 Å². The minimum absolute atomic E-state index is 1.04. The molecule has 2 aromatic heterocycles. The van der Waals surface area contributed by atoms with E-state index in [1.54, 1.807) is 0 Å². The van der Waals surface area contributed by atoms with Crippen LogP contribution in [-0.4, -0.2) is 35.0 Å². The lowest BCUT2D eigenvalue weighted by molar-refractivity contribution is 0.277. The van der Waals surface area contributed by atoms with Crippen LogP contribution < -0.4 is 0 Å². The largest absolute Gasteiger partial charge is 0.354 e. The van der Waals surface area contributed by atoms with Crippen LogP contribution in [-0.2, 0) is 0 Å². The van der Waals surface area contributed by atoms with Crippen molar-refractivity contribution in [3.8, 4) is 11.3 Å². The Bertz CT molecular complexity index is 780. The molecule has 0 saturated carbocycles. The van der Waals surface area contributed by atoms with E-state index < -0.39 is 0 Å². The molecule has 3 nitrogen and oxygen atoms in total. The fraction of sp³-hybridized carbons (Fsp3) is 0.381. The standard InChI is InChI=1S/C15H14N2.C6H13N/c1-10-3-6-14-13(7-10)8-15(17-14)12-5-4-11(2)16-9-12;1-7-5-3-2-4-6-7/h3-9,17H,1-2H3;2-6H2,1H3. The number of pyridine rings is 1. The van der Waals surface area contributed by atoms with Gasteiger partial charge in [0.1, 0.15) is 0 Å². The normalized spacial score (nSPS) is 15.1. The lowest BCUT2D eigenvalue weighted by Crippen LogP contribution is -2.24. The average Bonchev–Trinajstić information content (AvgIpc) is 3.00. The van der Waals surface area contributed by atoms with Crippen molar-refractivity contribution in [2.24, 2.45) is 0 Å². The van der Waals surface area contributed by atoms with Gasteiger partial charge >= 0.3 is 0 Å². The molecule has 3 aromatic rings. The number of hydrogen-bond donors (Lipinski definition) is 1. The number of hydrogen-bond acceptors (Lipinski definition) is 2. The molecule has 4 rings (SSSR count). The lowest BCUT2D eigenvalue weighted by Gasteiger charge is -2.20. The molecule has 24 heavy (non-hydrogen) atoms. The fourth-order valence-corrected chi connectivity index (χ4v) is 3.09. The number of piperidine rings is 1. The second-order valence-corrected chi connectivity index (χ2v) is 6.83. The fourth-order valence-electron chi connectivity index (χ4n) is 3.09. The van der Waals surface area contributed by atoms with E-state index in [4.69, 9.17) is 0 Å². The molecule has 1 aromatic carbocycles. The highest BCUT2D eigenvalue weighted by atomic mass is 15.1. The number of aromatic nitrogens is 2. The summed E-state index contributed by atoms with van der Waals surface area (Å²) in [5.74, 6) is 0. The first-order valence-electron chi connectivity index (χ1n) is 8.83. The summed E-state index contributed by atoms with van der Waals surface area (Å²) in [5.41, 5.74) is 5.75. The molecule has 0 unspecified atom stereocenters. The first-order chi connectivity index (χ1) is 11.6. The Kier molecular flexibility index (Phi) is 5.31. The molecule has 0 aliphatic carbocycles. The number of nitrogens with one attached hydrogen (secondary N) is 1. The van der Waals surface area contributed by atoms with E-state index in [-0.39, 0.29) is 0 Å². The molecule has 3 heterocycles. The van der Waals surface area contributed by atoms with E-state index in [9.17, 15) is 0 Å². The molecular weight excluding hydrogens is 294 g/mol. The summed E-state index contributed by atoms with van der Waals surface area (Å²) in [6.07, 6.45) is 6.18. The summed E-state index contributed by atoms with van der Waals surface area (Å²) < 4.78 is 0. The molecule has 1 aliphatic rings. The number of rotatable bonds is 1. The van der Waals surface area contributed by atoms with Crippen molar-refractivity contribution in [2.75, 3.05) is 20.1 Å². The predicted molar refractivity (Wildman–Crippen MR) is 102 cm³/mol. The number of H-pyrrole nitrogens is 1. The molecule has 3 heteroatoms. The Morgan fingerprint density at radius 1 is 0.958 bits per heavy atom. The van der Waals surface area contributed by atoms with E-state index in [0.717, 1.165) is 17.0 Å². The van der Waals surface area contributed by atoms with Crippen molar-refractivity contribution in [3.05, 3.63) is 53.9 Å². The zero-order valence-electron chi connectivity index (χ0n) is 15.0. The van der Waals surface area contributed by atoms with Crippen LogP contribution in [0, 0.1) is 13.8 Å². The Morgan fingerprint density at radius 3 is 2.38 bits per heavy atom. The van der Waals surface area contributed by atoms with Gasteiger partial charge in [-0.2, -0.15) is 0 Å². The van der Waals surface area contributed by atoms with Crippen LogP contribution in [0.4, 0.5) is 0 Å². The third-order valence-electron chi connectivity index (χ3n) is 4.58. The minimum atomic E-state index is 1.04. The topological polar surface area (TPSA) is 31.9 Å². The maximum absolute atomic E-state index is 4.32. The Balaban J connectivity index is 0.000000203. The van der Waals surface area contributed by atoms with E-state index in [0.29, 0.717) is 0 Å². The molecule has 1 fully saturated rings. The molecule has 1 saturated heterocycles. The van der Waals surface area contributed by atoms with E-state index in [2.05, 4.69) is 59.2 Å². The van der Waals surface area contributed by atoms with Gasteiger partial charge in [-0.3, -0.25) is 4.98 Å². The smallest absolute Gasteiger partial charge is 0.0480 e. The van der Waals surface area contributed by atoms with Crippen molar-refractivity contribution < 1.29 is 0 Å². The van der Waals surface area contributed by atoms with Crippen molar-refractivity contribution in [1.29, 1.82) is 0 Å². The molecule has 0 spiro atoms. The number of nitrogens with zero attached hydrogens (tertiary/aromatic N) is 2. The molecule has 0 bridgehead atoms. The second-order valence-electron chi connectivity index (χ2n) is 6.83. The van der Waals surface area contributed by atoms with Gasteiger partial charge in [0.2, 0.25) is 0 Å². The van der Waals surface area contributed by atoms with Gasteiger partial charge in [0.25, 0.3) is 0 Å². The minimum Gasteiger partial charge on any atom is -0.354 e. The van der Waals surface area contributed by atoms with Crippen molar-refractivity contribution >= 4 is 10.9 Å². The van der Waals surface area contributed by atoms with Gasteiger partial charge in [0.15, 0.2) is 0 Å². The second kappa shape index (κ2) is 7.63. The van der Waals surface area contributed by atoms with Crippen LogP contribution in [0.2, 0.25) is 0 Å². The molecule has 0 radical (unpaired) electrons. The summed E-state index contributed by atoms with van der Waals surface area (Å²) >= 11 is 0. The van der Waals surface area contributed by atoms with Crippen LogP contribution in [0.3, 0.4) is 0 Å². The Morgan fingerprint density at radius 2 is 1.75 bits per heavy atom. The van der Waals surface area contributed by atoms with Gasteiger partial charge in [0.05, 0.1) is 0 Å². The molecule has 0 amide bonds. The van der Waals surface area contributed by atoms with Crippen LogP contribution in [0.15, 0.2) is 42.6 Å². The summed E-state index contributed by atoms with van der Waals surface area (Å²) in [6.45, 7) is 6.75. The molecule has 126 valence electrons. The SMILES string of the molecule is CN1CCCCC1.Cc1ccc2[nH]c(-c3ccc(C)nc3)cc2c1. The number of aryl methyl sites for hydroxylation is 2. The zero-order valence-corrected chi connectivity index (χ0v) is 15.0. The highest BCUT2D eigenvalue weighted by molar-refractivity contribution is 5.86. The van der Waals surface area contributed by atoms with Crippen LogP contribution in [0.1, 0.15) is 30.5 Å². The maximum atomic E-state index is 4.32. The highest BCUT2D eigenvalue weighted by Crippen LogP contribution is 2.24. The quantitative estimate of drug-likeness (QED) is 0.688. The van der Waals surface area contributed by atoms with Crippen LogP contribution >= 0.6 is 0 Å². The molecule has 0 atom stereocenters. The van der Waals surface area contributed by atoms with Crippen molar-refractivity contribution in [3.63, 3.8) is 0 Å². The van der Waals surface area contributed by atoms with Gasteiger partial charge in [-0.15, -0.1) is 0 Å². The van der Waals surface area contributed by atoms with Crippen LogP contribution in [0.5, 0.6) is 0 Å². The summed E-state index contributed by atoms with van der Waals surface area (Å²) in [6, 6.07) is 12.7. The number of likely N-dealkylation sites (tertiary alicyclic amines) is 1. The molecular formula is C21H27N3. The first kappa shape index (κ1) is 16.7. The van der Waals surface area contributed by atoms with E-state index >= 15 is 0 Å². The zero-order chi connectivity index (χ0) is 16.9. The number of aromatic amines is 1. The van der Waals surface area contributed by atoms with Gasteiger partial charge in [0, 0.05) is 34.1 Å². The van der Waals surface area contributed by atoms with Gasteiger partial charge < -0.3 is 9.88 Å². The lowest BCUT2D eigenvalue weighted by atomic mass is 10.1. The third-order valence-corrected chi connectivity index (χ3v) is 4.58. The van der Waals surface area contributed by atoms with Crippen LogP contribution in [0.25, 0.3) is 22.2 Å². The monoisotopic (exact) mass is 321 g/mol. The van der Waals surface area contributed by atoms with E-state index in [1.165, 1.54) is 48.8 Å². The first-order valence-corrected chi connectivity index (χ1v) is 8.83. The number of benzene rings is 1. The molecule has 1 N–H and O–H groups in total. The third kappa shape index (κ3) is 4.24. The molecule has 1 aliphatic heterocycles. The van der Waals surface area contributed by atoms with Gasteiger partial charge in [-0.1, -0.05) is 18.1 Å². The van der Waals surface area contributed by atoms with E-state index in [1.807, 2.05) is 19.2 Å². The average molecular weight is 321 g/mol. The van der Waals surface area contributed by atoms with Gasteiger partial charge in [-0.05, 0) is 77.2 Å². The number of fused-ring (bicyclic) bond motifs is 1. The van der Waals surface area contributed by atoms with Gasteiger partial charge in [-0.25, -0.2) is 0 Å². The summed E-state index contributed by atoms with van der Waals surface area (Å²) in [4.78, 5) is 10.1. The van der Waals surface area contributed by atoms with Crippen molar-refractivity contribution in [1.82, 2.24) is 14.9 Å². The predicted octanol–water partition coefficient (Wildman–Crippen LogP) is 4.95.